The first kappa shape index (κ1) is 20.4. The topological polar surface area (TPSA) is 75.9 Å². The number of hydrogen-bond donors (Lipinski definition) is 2. The monoisotopic (exact) mass is 451 g/mol. The molecule has 0 amide bonds. The fourth-order valence-electron chi connectivity index (χ4n) is 4.33. The molecule has 34 heavy (non-hydrogen) atoms. The summed E-state index contributed by atoms with van der Waals surface area (Å²) in [7, 11) is 0. The lowest BCUT2D eigenvalue weighted by molar-refractivity contribution is 0.300. The second kappa shape index (κ2) is 8.59. The van der Waals surface area contributed by atoms with Gasteiger partial charge in [0, 0.05) is 65.1 Å². The number of anilines is 4. The van der Waals surface area contributed by atoms with Gasteiger partial charge in [0.2, 0.25) is 5.89 Å². The van der Waals surface area contributed by atoms with Crippen LogP contribution in [0.4, 0.5) is 27.1 Å². The highest BCUT2D eigenvalue weighted by Crippen LogP contribution is 2.32. The molecule has 0 bridgehead atoms. The Kier molecular flexibility index (Phi) is 5.14. The van der Waals surface area contributed by atoms with E-state index >= 15 is 0 Å². The lowest BCUT2D eigenvalue weighted by Gasteiger charge is -2.21. The number of oxazole rings is 1. The van der Waals surface area contributed by atoms with Crippen molar-refractivity contribution >= 4 is 33.8 Å². The van der Waals surface area contributed by atoms with Crippen LogP contribution in [0.2, 0.25) is 0 Å². The van der Waals surface area contributed by atoms with Gasteiger partial charge < -0.3 is 15.1 Å². The van der Waals surface area contributed by atoms with E-state index in [0.29, 0.717) is 30.7 Å². The molecule has 0 radical (unpaired) electrons. The number of alkyl halides is 1. The van der Waals surface area contributed by atoms with E-state index in [4.69, 9.17) is 4.42 Å². The Morgan fingerprint density at radius 1 is 0.882 bits per heavy atom. The van der Waals surface area contributed by atoms with Crippen molar-refractivity contribution in [2.75, 3.05) is 10.6 Å². The van der Waals surface area contributed by atoms with Gasteiger partial charge in [-0.25, -0.2) is 9.37 Å². The zero-order chi connectivity index (χ0) is 22.9. The van der Waals surface area contributed by atoms with Crippen LogP contribution in [-0.2, 0) is 12.8 Å². The first-order valence-corrected chi connectivity index (χ1v) is 11.3. The maximum atomic E-state index is 14.0. The molecular formula is C27H22FN5O. The summed E-state index contributed by atoms with van der Waals surface area (Å²) in [6.07, 6.45) is 6.05. The lowest BCUT2D eigenvalue weighted by Crippen LogP contribution is -2.17. The highest BCUT2D eigenvalue weighted by molar-refractivity contribution is 5.82. The molecule has 3 heterocycles. The summed E-state index contributed by atoms with van der Waals surface area (Å²) >= 11 is 0. The summed E-state index contributed by atoms with van der Waals surface area (Å²) in [5.41, 5.74) is 7.90. The first-order chi connectivity index (χ1) is 16.7. The number of pyridine rings is 2. The maximum absolute atomic E-state index is 14.0. The molecule has 7 heteroatoms. The van der Waals surface area contributed by atoms with Gasteiger partial charge in [-0.3, -0.25) is 9.97 Å². The fourth-order valence-corrected chi connectivity index (χ4v) is 4.33. The minimum Gasteiger partial charge on any atom is -0.436 e. The van der Waals surface area contributed by atoms with Crippen molar-refractivity contribution < 1.29 is 8.81 Å². The molecule has 0 aliphatic heterocycles. The van der Waals surface area contributed by atoms with Crippen molar-refractivity contribution in [3.63, 3.8) is 0 Å². The van der Waals surface area contributed by atoms with Crippen LogP contribution >= 0.6 is 0 Å². The van der Waals surface area contributed by atoms with E-state index in [2.05, 4.69) is 25.6 Å². The number of nitrogens with one attached hydrogen (secondary N) is 2. The van der Waals surface area contributed by atoms with Gasteiger partial charge in [-0.05, 0) is 66.9 Å². The van der Waals surface area contributed by atoms with Crippen molar-refractivity contribution in [1.82, 2.24) is 15.0 Å². The van der Waals surface area contributed by atoms with Gasteiger partial charge in [-0.2, -0.15) is 0 Å². The third kappa shape index (κ3) is 4.08. The Bertz CT molecular complexity index is 1470. The van der Waals surface area contributed by atoms with E-state index in [1.54, 1.807) is 18.6 Å². The van der Waals surface area contributed by atoms with Crippen LogP contribution in [0.3, 0.4) is 0 Å². The van der Waals surface area contributed by atoms with Crippen LogP contribution in [-0.4, -0.2) is 21.1 Å². The summed E-state index contributed by atoms with van der Waals surface area (Å²) in [5.74, 6) is 0.548. The minimum atomic E-state index is -0.819. The second-order valence-corrected chi connectivity index (χ2v) is 8.39. The van der Waals surface area contributed by atoms with Crippen LogP contribution in [0.25, 0.3) is 22.6 Å². The molecule has 2 aromatic carbocycles. The molecular weight excluding hydrogens is 429 g/mol. The normalized spacial score (nSPS) is 15.1. The Morgan fingerprint density at radius 2 is 1.76 bits per heavy atom. The van der Waals surface area contributed by atoms with Gasteiger partial charge in [0.1, 0.15) is 11.7 Å². The molecule has 6 nitrogen and oxygen atoms in total. The second-order valence-electron chi connectivity index (χ2n) is 8.39. The van der Waals surface area contributed by atoms with Gasteiger partial charge in [-0.15, -0.1) is 0 Å². The molecule has 5 aromatic rings. The van der Waals surface area contributed by atoms with Gasteiger partial charge in [0.05, 0.1) is 0 Å². The standard InChI is InChI=1S/C27H22FN5O/c28-18-4-6-23-22(15-18)24(10-13-30-23)32-21-5-7-25-26(16-21)34-27(33-25)17-2-1-3-20(14-17)31-19-8-11-29-12-9-19/h1-3,5,7-14,16,18H,4,6,15H2,(H,29,31)(H,30,32). The first-order valence-electron chi connectivity index (χ1n) is 11.3. The number of benzene rings is 2. The molecule has 1 aliphatic rings. The number of halogens is 1. The molecule has 0 fully saturated rings. The molecule has 168 valence electrons. The smallest absolute Gasteiger partial charge is 0.227 e. The summed E-state index contributed by atoms with van der Waals surface area (Å²) < 4.78 is 20.1. The number of fused-ring (bicyclic) bond motifs is 2. The average Bonchev–Trinajstić information content (AvgIpc) is 3.29. The Morgan fingerprint density at radius 3 is 2.68 bits per heavy atom. The molecule has 0 saturated carbocycles. The molecule has 1 aliphatic carbocycles. The van der Waals surface area contributed by atoms with Crippen LogP contribution < -0.4 is 10.6 Å². The van der Waals surface area contributed by atoms with E-state index in [0.717, 1.165) is 45.1 Å². The number of nitrogens with zero attached hydrogens (tertiary/aromatic N) is 3. The van der Waals surface area contributed by atoms with E-state index in [-0.39, 0.29) is 0 Å². The van der Waals surface area contributed by atoms with E-state index in [1.165, 1.54) is 0 Å². The van der Waals surface area contributed by atoms with Crippen molar-refractivity contribution in [2.24, 2.45) is 0 Å². The van der Waals surface area contributed by atoms with Crippen LogP contribution in [0.15, 0.2) is 83.7 Å². The predicted octanol–water partition coefficient (Wildman–Crippen LogP) is 6.60. The van der Waals surface area contributed by atoms with Gasteiger partial charge in [0.15, 0.2) is 5.58 Å². The molecule has 6 rings (SSSR count). The average molecular weight is 452 g/mol. The number of aryl methyl sites for hydroxylation is 1. The van der Waals surface area contributed by atoms with E-state index in [1.807, 2.05) is 60.7 Å². The third-order valence-corrected chi connectivity index (χ3v) is 6.01. The Labute approximate surface area is 195 Å². The Hall–Kier alpha value is -4.26. The molecule has 2 N–H and O–H groups in total. The van der Waals surface area contributed by atoms with Gasteiger partial charge >= 0.3 is 0 Å². The predicted molar refractivity (Wildman–Crippen MR) is 131 cm³/mol. The largest absolute Gasteiger partial charge is 0.436 e. The number of hydrogen-bond acceptors (Lipinski definition) is 6. The molecule has 1 unspecified atom stereocenters. The molecule has 0 spiro atoms. The van der Waals surface area contributed by atoms with Crippen molar-refractivity contribution in [1.29, 1.82) is 0 Å². The Balaban J connectivity index is 1.27. The van der Waals surface area contributed by atoms with Gasteiger partial charge in [0.25, 0.3) is 0 Å². The van der Waals surface area contributed by atoms with Crippen LogP contribution in [0.1, 0.15) is 17.7 Å². The SMILES string of the molecule is FC1CCc2nccc(Nc3ccc4nc(-c5cccc(Nc6ccncc6)c5)oc4c3)c2C1. The summed E-state index contributed by atoms with van der Waals surface area (Å²) in [6, 6.07) is 19.5. The zero-order valence-electron chi connectivity index (χ0n) is 18.3. The number of rotatable bonds is 5. The van der Waals surface area contributed by atoms with Gasteiger partial charge in [-0.1, -0.05) is 6.07 Å². The van der Waals surface area contributed by atoms with Crippen molar-refractivity contribution in [3.8, 4) is 11.5 Å². The fraction of sp³-hybridized carbons (Fsp3) is 0.148. The quantitative estimate of drug-likeness (QED) is 0.314. The molecule has 3 aromatic heterocycles. The van der Waals surface area contributed by atoms with Crippen LogP contribution in [0, 0.1) is 0 Å². The highest BCUT2D eigenvalue weighted by atomic mass is 19.1. The maximum Gasteiger partial charge on any atom is 0.227 e. The third-order valence-electron chi connectivity index (χ3n) is 6.01. The van der Waals surface area contributed by atoms with Crippen LogP contribution in [0.5, 0.6) is 0 Å². The summed E-state index contributed by atoms with van der Waals surface area (Å²) in [5, 5.41) is 6.78. The zero-order valence-corrected chi connectivity index (χ0v) is 18.3. The van der Waals surface area contributed by atoms with E-state index < -0.39 is 6.17 Å². The highest BCUT2D eigenvalue weighted by Gasteiger charge is 2.21. The number of aromatic nitrogens is 3. The summed E-state index contributed by atoms with van der Waals surface area (Å²) in [4.78, 5) is 13.1. The van der Waals surface area contributed by atoms with E-state index in [9.17, 15) is 4.39 Å². The minimum absolute atomic E-state index is 0.393. The molecule has 0 saturated heterocycles. The summed E-state index contributed by atoms with van der Waals surface area (Å²) in [6.45, 7) is 0. The van der Waals surface area contributed by atoms with Crippen molar-refractivity contribution in [3.05, 3.63) is 90.5 Å². The molecule has 1 atom stereocenters. The lowest BCUT2D eigenvalue weighted by atomic mass is 9.93. The van der Waals surface area contributed by atoms with Crippen molar-refractivity contribution in [2.45, 2.75) is 25.4 Å².